The number of esters is 1. The molecule has 0 saturated heterocycles. The fourth-order valence-corrected chi connectivity index (χ4v) is 4.33. The molecule has 0 spiro atoms. The van der Waals surface area contributed by atoms with E-state index in [1.807, 2.05) is 26.0 Å². The summed E-state index contributed by atoms with van der Waals surface area (Å²) < 4.78 is 49.5. The number of halogens is 3. The highest BCUT2D eigenvalue weighted by Gasteiger charge is 2.31. The Morgan fingerprint density at radius 3 is 2.34 bits per heavy atom. The molecule has 0 aliphatic heterocycles. The zero-order valence-electron chi connectivity index (χ0n) is 21.0. The van der Waals surface area contributed by atoms with Crippen molar-refractivity contribution in [3.05, 3.63) is 47.1 Å². The van der Waals surface area contributed by atoms with E-state index in [0.717, 1.165) is 29.3 Å². The predicted octanol–water partition coefficient (Wildman–Crippen LogP) is 6.69. The Morgan fingerprint density at radius 1 is 1.11 bits per heavy atom. The number of methoxy groups -OCH3 is 1. The van der Waals surface area contributed by atoms with E-state index in [1.165, 1.54) is 7.11 Å². The van der Waals surface area contributed by atoms with Gasteiger partial charge in [-0.1, -0.05) is 52.3 Å². The largest absolute Gasteiger partial charge is 0.485 e. The number of allylic oxidation sites excluding steroid dienone is 2. The van der Waals surface area contributed by atoms with E-state index in [-0.39, 0.29) is 36.1 Å². The lowest BCUT2D eigenvalue weighted by atomic mass is 9.83. The molecule has 1 aliphatic carbocycles. The second-order valence-electron chi connectivity index (χ2n) is 9.55. The number of benzene rings is 1. The minimum Gasteiger partial charge on any atom is -0.485 e. The number of ether oxygens (including phenoxy) is 2. The Morgan fingerprint density at radius 2 is 1.77 bits per heavy atom. The van der Waals surface area contributed by atoms with Crippen molar-refractivity contribution < 1.29 is 32.2 Å². The van der Waals surface area contributed by atoms with Gasteiger partial charge in [0.25, 0.3) is 0 Å². The second kappa shape index (κ2) is 12.0. The van der Waals surface area contributed by atoms with E-state index in [4.69, 9.17) is 9.47 Å². The molecule has 1 amide bonds. The van der Waals surface area contributed by atoms with Gasteiger partial charge in [-0.25, -0.2) is 0 Å². The first kappa shape index (κ1) is 28.8. The van der Waals surface area contributed by atoms with Crippen LogP contribution in [0.15, 0.2) is 41.5 Å². The molecule has 2 unspecified atom stereocenters. The summed E-state index contributed by atoms with van der Waals surface area (Å²) in [5, 5.41) is 2.83. The Kier molecular flexibility index (Phi) is 9.89. The van der Waals surface area contributed by atoms with Crippen molar-refractivity contribution in [2.45, 2.75) is 65.5 Å². The smallest absolute Gasteiger partial charge is 0.397 e. The molecule has 0 heterocycles. The van der Waals surface area contributed by atoms with Gasteiger partial charge in [-0.05, 0) is 30.2 Å². The summed E-state index contributed by atoms with van der Waals surface area (Å²) in [6, 6.07) is 5.03. The fraction of sp³-hybridized carbons (Fsp3) is 0.538. The number of carbonyl (C=O) groups excluding carboxylic acids is 2. The zero-order chi connectivity index (χ0) is 26.4. The van der Waals surface area contributed by atoms with Crippen molar-refractivity contribution in [2.24, 2.45) is 11.3 Å². The second-order valence-corrected chi connectivity index (χ2v) is 10.5. The molecule has 0 saturated carbocycles. The molecule has 5 nitrogen and oxygen atoms in total. The van der Waals surface area contributed by atoms with Crippen LogP contribution in [0.5, 0.6) is 5.75 Å². The number of carbonyl (C=O) groups is 2. The van der Waals surface area contributed by atoms with Crippen LogP contribution in [0.1, 0.15) is 53.0 Å². The molecule has 0 fully saturated rings. The van der Waals surface area contributed by atoms with E-state index >= 15 is 0 Å². The van der Waals surface area contributed by atoms with Crippen molar-refractivity contribution in [1.29, 1.82) is 0 Å². The van der Waals surface area contributed by atoms with Crippen LogP contribution >= 0.6 is 11.8 Å². The average Bonchev–Trinajstić information content (AvgIpc) is 2.76. The third-order valence-electron chi connectivity index (χ3n) is 5.68. The summed E-state index contributed by atoms with van der Waals surface area (Å²) in [5.41, 5.74) is 2.30. The molecule has 0 aromatic heterocycles. The maximum Gasteiger partial charge on any atom is 0.397 e. The Labute approximate surface area is 209 Å². The topological polar surface area (TPSA) is 64.6 Å². The summed E-state index contributed by atoms with van der Waals surface area (Å²) in [4.78, 5) is 24.3. The molecule has 35 heavy (non-hydrogen) atoms. The highest BCUT2D eigenvalue weighted by atomic mass is 32.2. The van der Waals surface area contributed by atoms with Gasteiger partial charge in [0, 0.05) is 28.3 Å². The summed E-state index contributed by atoms with van der Waals surface area (Å²) in [6.07, 6.45) is 0.0232. The van der Waals surface area contributed by atoms with Gasteiger partial charge < -0.3 is 14.8 Å². The van der Waals surface area contributed by atoms with Gasteiger partial charge in [0.05, 0.1) is 19.3 Å². The number of hydrogen-bond donors (Lipinski definition) is 1. The van der Waals surface area contributed by atoms with E-state index in [2.05, 4.69) is 5.32 Å². The maximum atomic E-state index is 12.8. The molecular formula is C26H34F3NO4S. The molecule has 1 aromatic rings. The van der Waals surface area contributed by atoms with Gasteiger partial charge in [-0.3, -0.25) is 9.59 Å². The Balaban J connectivity index is 2.33. The minimum absolute atomic E-state index is 0.0607. The lowest BCUT2D eigenvalue weighted by molar-refractivity contribution is -0.140. The first-order valence-corrected chi connectivity index (χ1v) is 12.6. The lowest BCUT2D eigenvalue weighted by Gasteiger charge is -2.32. The SMILES string of the molecule is CCC1=CC=C(CC(=O)OC)C(C)C1Oc1ccc(NC(=O)C(C)(C)C)cc1CSCC(F)(F)F. The normalized spacial score (nSPS) is 18.4. The molecular weight excluding hydrogens is 479 g/mol. The number of rotatable bonds is 9. The van der Waals surface area contributed by atoms with Crippen molar-refractivity contribution in [3.8, 4) is 5.75 Å². The lowest BCUT2D eigenvalue weighted by Crippen LogP contribution is -2.32. The zero-order valence-corrected chi connectivity index (χ0v) is 21.9. The summed E-state index contributed by atoms with van der Waals surface area (Å²) in [6.45, 7) is 9.30. The van der Waals surface area contributed by atoms with Crippen molar-refractivity contribution in [3.63, 3.8) is 0 Å². The monoisotopic (exact) mass is 513 g/mol. The molecule has 1 N–H and O–H groups in total. The van der Waals surface area contributed by atoms with E-state index < -0.39 is 17.3 Å². The molecule has 0 radical (unpaired) electrons. The van der Waals surface area contributed by atoms with E-state index in [9.17, 15) is 22.8 Å². The quantitative estimate of drug-likeness (QED) is 0.373. The van der Waals surface area contributed by atoms with Crippen LogP contribution in [0, 0.1) is 11.3 Å². The first-order chi connectivity index (χ1) is 16.2. The van der Waals surface area contributed by atoms with Gasteiger partial charge in [0.15, 0.2) is 0 Å². The number of thioether (sulfide) groups is 1. The molecule has 1 aromatic carbocycles. The summed E-state index contributed by atoms with van der Waals surface area (Å²) in [5.74, 6) is -1.16. The number of nitrogens with one attached hydrogen (secondary N) is 1. The third kappa shape index (κ3) is 8.63. The number of hydrogen-bond acceptors (Lipinski definition) is 5. The van der Waals surface area contributed by atoms with Crippen molar-refractivity contribution in [2.75, 3.05) is 18.2 Å². The number of amides is 1. The van der Waals surface area contributed by atoms with Crippen LogP contribution in [0.25, 0.3) is 0 Å². The van der Waals surface area contributed by atoms with Gasteiger partial charge >= 0.3 is 12.1 Å². The minimum atomic E-state index is -4.28. The predicted molar refractivity (Wildman–Crippen MR) is 133 cm³/mol. The first-order valence-electron chi connectivity index (χ1n) is 11.5. The van der Waals surface area contributed by atoms with Crippen LogP contribution in [0.2, 0.25) is 0 Å². The number of alkyl halides is 3. The van der Waals surface area contributed by atoms with Gasteiger partial charge in [-0.2, -0.15) is 13.2 Å². The van der Waals surface area contributed by atoms with Gasteiger partial charge in [0.1, 0.15) is 11.9 Å². The van der Waals surface area contributed by atoms with Crippen molar-refractivity contribution >= 4 is 29.3 Å². The fourth-order valence-electron chi connectivity index (χ4n) is 3.55. The van der Waals surface area contributed by atoms with Crippen LogP contribution in [0.3, 0.4) is 0 Å². The number of anilines is 1. The van der Waals surface area contributed by atoms with E-state index in [0.29, 0.717) is 17.0 Å². The van der Waals surface area contributed by atoms with E-state index in [1.54, 1.807) is 39.0 Å². The summed E-state index contributed by atoms with van der Waals surface area (Å²) in [7, 11) is 1.34. The highest BCUT2D eigenvalue weighted by Crippen LogP contribution is 2.36. The Bertz CT molecular complexity index is 980. The van der Waals surface area contributed by atoms with Crippen LogP contribution < -0.4 is 10.1 Å². The molecule has 194 valence electrons. The van der Waals surface area contributed by atoms with Gasteiger partial charge in [0.2, 0.25) is 5.91 Å². The van der Waals surface area contributed by atoms with Crippen LogP contribution in [-0.2, 0) is 20.1 Å². The summed E-state index contributed by atoms with van der Waals surface area (Å²) >= 11 is 0.737. The van der Waals surface area contributed by atoms with Gasteiger partial charge in [-0.15, -0.1) is 11.8 Å². The molecule has 2 rings (SSSR count). The third-order valence-corrected chi connectivity index (χ3v) is 6.72. The maximum absolute atomic E-state index is 12.8. The Hall–Kier alpha value is -2.42. The molecule has 9 heteroatoms. The van der Waals surface area contributed by atoms with Crippen LogP contribution in [0.4, 0.5) is 18.9 Å². The molecule has 1 aliphatic rings. The van der Waals surface area contributed by atoms with Crippen LogP contribution in [-0.4, -0.2) is 37.0 Å². The average molecular weight is 514 g/mol. The molecule has 2 atom stereocenters. The van der Waals surface area contributed by atoms with Crippen molar-refractivity contribution in [1.82, 2.24) is 0 Å². The molecule has 0 bridgehead atoms. The highest BCUT2D eigenvalue weighted by molar-refractivity contribution is 7.98. The standard InChI is InChI=1S/C26H34F3NO4S/c1-7-17-8-9-18(13-22(31)33-6)16(2)23(17)34-21-11-10-20(30-24(32)25(3,4)5)12-19(21)14-35-15-26(27,28)29/h8-12,16,23H,7,13-15H2,1-6H3,(H,30,32).